The minimum atomic E-state index is -0.726. The lowest BCUT2D eigenvalue weighted by Crippen LogP contribution is -2.31. The number of hydrogen-bond donors (Lipinski definition) is 2. The summed E-state index contributed by atoms with van der Waals surface area (Å²) in [6.07, 6.45) is 1.38. The summed E-state index contributed by atoms with van der Waals surface area (Å²) >= 11 is 6.02. The molecule has 2 aromatic carbocycles. The number of nitrogens with one attached hydrogen (secondary N) is 1. The maximum absolute atomic E-state index is 13.3. The van der Waals surface area contributed by atoms with Gasteiger partial charge in [0.1, 0.15) is 24.0 Å². The smallest absolute Gasteiger partial charge is 0.412 e. The number of halogens is 2. The summed E-state index contributed by atoms with van der Waals surface area (Å²) < 4.78 is 18.4. The van der Waals surface area contributed by atoms with Crippen LogP contribution in [0.4, 0.5) is 15.0 Å². The van der Waals surface area contributed by atoms with Crippen molar-refractivity contribution in [3.8, 4) is 5.75 Å². The summed E-state index contributed by atoms with van der Waals surface area (Å²) in [6, 6.07) is 10.7. The highest BCUT2D eigenvalue weighted by atomic mass is 35.5. The average Bonchev–Trinajstić information content (AvgIpc) is 2.74. The molecule has 0 saturated heterocycles. The van der Waals surface area contributed by atoms with Gasteiger partial charge < -0.3 is 14.7 Å². The van der Waals surface area contributed by atoms with Gasteiger partial charge in [0.25, 0.3) is 0 Å². The van der Waals surface area contributed by atoms with Crippen LogP contribution in [-0.4, -0.2) is 47.2 Å². The van der Waals surface area contributed by atoms with Crippen molar-refractivity contribution in [1.29, 1.82) is 0 Å². The van der Waals surface area contributed by atoms with Crippen LogP contribution in [0, 0.1) is 5.82 Å². The van der Waals surface area contributed by atoms with E-state index in [9.17, 15) is 19.1 Å². The molecule has 3 rings (SSSR count). The summed E-state index contributed by atoms with van der Waals surface area (Å²) in [5.74, 6) is -0.325. The molecule has 0 unspecified atom stereocenters. The van der Waals surface area contributed by atoms with E-state index in [-0.39, 0.29) is 47.9 Å². The number of ether oxygens (including phenoxy) is 1. The summed E-state index contributed by atoms with van der Waals surface area (Å²) in [4.78, 5) is 29.7. The lowest BCUT2D eigenvalue weighted by atomic mass is 10.1. The van der Waals surface area contributed by atoms with E-state index in [0.717, 1.165) is 5.39 Å². The van der Waals surface area contributed by atoms with Gasteiger partial charge in [-0.05, 0) is 47.7 Å². The summed E-state index contributed by atoms with van der Waals surface area (Å²) in [6.45, 7) is 0.194. The van der Waals surface area contributed by atoms with Gasteiger partial charge in [0.15, 0.2) is 0 Å². The number of benzene rings is 2. The lowest BCUT2D eigenvalue weighted by Gasteiger charge is -2.17. The van der Waals surface area contributed by atoms with Gasteiger partial charge in [-0.1, -0.05) is 23.7 Å². The second-order valence-electron chi connectivity index (χ2n) is 6.89. The number of nitrogens with zero attached hydrogens (tertiary/aromatic N) is 2. The number of phenolic OH excluding ortho intramolecular Hbond substituents is 1. The Morgan fingerprint density at radius 2 is 2.03 bits per heavy atom. The normalized spacial score (nSPS) is 10.7. The number of aryl methyl sites for hydroxylation is 1. The highest BCUT2D eigenvalue weighted by Gasteiger charge is 2.13. The topological polar surface area (TPSA) is 91.8 Å². The van der Waals surface area contributed by atoms with Crippen LogP contribution < -0.4 is 5.32 Å². The summed E-state index contributed by atoms with van der Waals surface area (Å²) in [5, 5.41) is 13.7. The first kappa shape index (κ1) is 22.3. The van der Waals surface area contributed by atoms with Crippen LogP contribution in [0.3, 0.4) is 0 Å². The minimum absolute atomic E-state index is 0.0107. The number of carbonyl (C=O) groups excluding carboxylic acids is 2. The standard InChI is InChI=1S/C22H21ClFN3O4/c1-27(20(29)8-6-14-3-2-4-18(28)21(14)23)9-10-31-22(30)26-19-12-16-11-17(24)7-5-15(16)13-25-19/h2-5,7,11-13,28H,6,8-10H2,1H3,(H,25,26,30). The zero-order valence-corrected chi connectivity index (χ0v) is 17.5. The van der Waals surface area contributed by atoms with Gasteiger partial charge >= 0.3 is 6.09 Å². The molecule has 2 N–H and O–H groups in total. The number of carbonyl (C=O) groups is 2. The van der Waals surface area contributed by atoms with Gasteiger partial charge in [0, 0.05) is 25.1 Å². The maximum atomic E-state index is 13.3. The highest BCUT2D eigenvalue weighted by Crippen LogP contribution is 2.27. The Hall–Kier alpha value is -3.39. The number of rotatable bonds is 7. The van der Waals surface area contributed by atoms with Crippen molar-refractivity contribution in [3.05, 3.63) is 65.1 Å². The summed E-state index contributed by atoms with van der Waals surface area (Å²) in [5.41, 5.74) is 0.682. The SMILES string of the molecule is CN(CCOC(=O)Nc1cc2cc(F)ccc2cn1)C(=O)CCc1cccc(O)c1Cl. The molecular formula is C22H21ClFN3O4. The van der Waals surface area contributed by atoms with E-state index in [1.165, 1.54) is 29.3 Å². The van der Waals surface area contributed by atoms with Crippen molar-refractivity contribution in [1.82, 2.24) is 9.88 Å². The van der Waals surface area contributed by atoms with Crippen molar-refractivity contribution >= 4 is 40.2 Å². The fourth-order valence-corrected chi connectivity index (χ4v) is 3.13. The number of pyridine rings is 1. The fraction of sp³-hybridized carbons (Fsp3) is 0.227. The zero-order chi connectivity index (χ0) is 22.4. The van der Waals surface area contributed by atoms with E-state index in [2.05, 4.69) is 10.3 Å². The second-order valence-corrected chi connectivity index (χ2v) is 7.27. The molecule has 0 atom stereocenters. The second kappa shape index (κ2) is 10.1. The maximum Gasteiger partial charge on any atom is 0.412 e. The van der Waals surface area contributed by atoms with E-state index in [4.69, 9.17) is 16.3 Å². The predicted molar refractivity (Wildman–Crippen MR) is 116 cm³/mol. The van der Waals surface area contributed by atoms with Crippen LogP contribution in [0.15, 0.2) is 48.7 Å². The third-order valence-electron chi connectivity index (χ3n) is 4.67. The molecule has 3 aromatic rings. The molecule has 0 fully saturated rings. The van der Waals surface area contributed by atoms with Crippen molar-refractivity contribution < 1.29 is 23.8 Å². The molecule has 0 bridgehead atoms. The van der Waals surface area contributed by atoms with Crippen LogP contribution >= 0.6 is 11.6 Å². The van der Waals surface area contributed by atoms with Gasteiger partial charge in [-0.25, -0.2) is 14.2 Å². The number of aromatic nitrogens is 1. The van der Waals surface area contributed by atoms with Gasteiger partial charge in [0.05, 0.1) is 11.6 Å². The predicted octanol–water partition coefficient (Wildman–Crippen LogP) is 4.37. The molecule has 31 heavy (non-hydrogen) atoms. The van der Waals surface area contributed by atoms with E-state index in [1.54, 1.807) is 31.3 Å². The van der Waals surface area contributed by atoms with Gasteiger partial charge in [-0.2, -0.15) is 0 Å². The number of aromatic hydroxyl groups is 1. The van der Waals surface area contributed by atoms with Crippen LogP contribution in [-0.2, 0) is 16.0 Å². The van der Waals surface area contributed by atoms with Gasteiger partial charge in [0.2, 0.25) is 5.91 Å². The Balaban J connectivity index is 1.43. The molecule has 2 amide bonds. The number of anilines is 1. The van der Waals surface area contributed by atoms with Crippen LogP contribution in [0.5, 0.6) is 5.75 Å². The first-order valence-corrected chi connectivity index (χ1v) is 9.90. The molecule has 0 spiro atoms. The number of hydrogen-bond acceptors (Lipinski definition) is 5. The largest absolute Gasteiger partial charge is 0.506 e. The third-order valence-corrected chi connectivity index (χ3v) is 5.10. The van der Waals surface area contributed by atoms with Crippen molar-refractivity contribution in [2.24, 2.45) is 0 Å². The number of phenols is 1. The van der Waals surface area contributed by atoms with E-state index in [0.29, 0.717) is 17.4 Å². The third kappa shape index (κ3) is 6.05. The van der Waals surface area contributed by atoms with Crippen molar-refractivity contribution in [3.63, 3.8) is 0 Å². The molecule has 0 aliphatic carbocycles. The Labute approximate surface area is 183 Å². The fourth-order valence-electron chi connectivity index (χ4n) is 2.91. The molecule has 0 aliphatic heterocycles. The van der Waals surface area contributed by atoms with Crippen molar-refractivity contribution in [2.45, 2.75) is 12.8 Å². The molecule has 1 aromatic heterocycles. The zero-order valence-electron chi connectivity index (χ0n) is 16.8. The van der Waals surface area contributed by atoms with E-state index < -0.39 is 6.09 Å². The monoisotopic (exact) mass is 445 g/mol. The minimum Gasteiger partial charge on any atom is -0.506 e. The summed E-state index contributed by atoms with van der Waals surface area (Å²) in [7, 11) is 1.60. The first-order chi connectivity index (χ1) is 14.8. The molecule has 1 heterocycles. The average molecular weight is 446 g/mol. The number of fused-ring (bicyclic) bond motifs is 1. The van der Waals surface area contributed by atoms with E-state index in [1.807, 2.05) is 0 Å². The number of likely N-dealkylation sites (N-methyl/N-ethyl adjacent to an activating group) is 1. The Bertz CT molecular complexity index is 1110. The Morgan fingerprint density at radius 3 is 2.84 bits per heavy atom. The Kier molecular flexibility index (Phi) is 7.25. The first-order valence-electron chi connectivity index (χ1n) is 9.53. The molecule has 162 valence electrons. The van der Waals surface area contributed by atoms with Crippen LogP contribution in [0.2, 0.25) is 5.02 Å². The molecule has 7 nitrogen and oxygen atoms in total. The van der Waals surface area contributed by atoms with Crippen molar-refractivity contribution in [2.75, 3.05) is 25.5 Å². The molecule has 0 radical (unpaired) electrons. The van der Waals surface area contributed by atoms with Gasteiger partial charge in [-0.3, -0.25) is 10.1 Å². The van der Waals surface area contributed by atoms with E-state index >= 15 is 0 Å². The quantitative estimate of drug-likeness (QED) is 0.563. The Morgan fingerprint density at radius 1 is 1.23 bits per heavy atom. The van der Waals surface area contributed by atoms with Gasteiger partial charge in [-0.15, -0.1) is 0 Å². The molecular weight excluding hydrogens is 425 g/mol. The number of amides is 2. The molecule has 0 saturated carbocycles. The lowest BCUT2D eigenvalue weighted by molar-refractivity contribution is -0.130. The molecule has 9 heteroatoms. The molecule has 0 aliphatic rings. The van der Waals surface area contributed by atoms with Crippen LogP contribution in [0.25, 0.3) is 10.8 Å². The highest BCUT2D eigenvalue weighted by molar-refractivity contribution is 6.32. The van der Waals surface area contributed by atoms with Crippen LogP contribution in [0.1, 0.15) is 12.0 Å².